The monoisotopic (exact) mass is 206 g/mol. The van der Waals surface area contributed by atoms with Crippen LogP contribution in [-0.2, 0) is 6.42 Å². The van der Waals surface area contributed by atoms with E-state index in [4.69, 9.17) is 23.1 Å². The number of hydrogen-bond acceptors (Lipinski definition) is 2. The summed E-state index contributed by atoms with van der Waals surface area (Å²) in [6, 6.07) is 5.45. The van der Waals surface area contributed by atoms with E-state index in [2.05, 4.69) is 0 Å². The van der Waals surface area contributed by atoms with E-state index in [1.807, 2.05) is 6.07 Å². The number of anilines is 2. The first-order valence-corrected chi connectivity index (χ1v) is 3.97. The molecule has 0 spiro atoms. The quantitative estimate of drug-likeness (QED) is 0.576. The highest BCUT2D eigenvalue weighted by molar-refractivity contribution is 6.18. The first kappa shape index (κ1) is 11.4. The van der Waals surface area contributed by atoms with Gasteiger partial charge in [-0.25, -0.2) is 0 Å². The molecule has 1 aromatic carbocycles. The fraction of sp³-hybridized carbons (Fsp3) is 0.250. The molecular weight excluding hydrogens is 195 g/mol. The zero-order valence-electron chi connectivity index (χ0n) is 6.59. The van der Waals surface area contributed by atoms with Crippen molar-refractivity contribution in [3.8, 4) is 0 Å². The van der Waals surface area contributed by atoms with Crippen molar-refractivity contribution in [2.24, 2.45) is 0 Å². The highest BCUT2D eigenvalue weighted by atomic mass is 35.5. The van der Waals surface area contributed by atoms with E-state index in [1.165, 1.54) is 0 Å². The number of nitrogen functional groups attached to an aromatic ring is 2. The number of hydrogen-bond donors (Lipinski definition) is 2. The molecule has 0 saturated carbocycles. The minimum absolute atomic E-state index is 0. The summed E-state index contributed by atoms with van der Waals surface area (Å²) in [5.74, 6) is 0.577. The lowest BCUT2D eigenvalue weighted by Gasteiger charge is -2.03. The van der Waals surface area contributed by atoms with Crippen LogP contribution in [-0.4, -0.2) is 5.88 Å². The van der Waals surface area contributed by atoms with E-state index in [0.717, 1.165) is 23.4 Å². The molecule has 4 heteroatoms. The van der Waals surface area contributed by atoms with Gasteiger partial charge in [0.2, 0.25) is 0 Å². The van der Waals surface area contributed by atoms with E-state index in [0.29, 0.717) is 5.88 Å². The van der Waals surface area contributed by atoms with E-state index in [-0.39, 0.29) is 12.4 Å². The van der Waals surface area contributed by atoms with Gasteiger partial charge in [-0.2, -0.15) is 0 Å². The van der Waals surface area contributed by atoms with Crippen molar-refractivity contribution >= 4 is 35.4 Å². The van der Waals surface area contributed by atoms with Gasteiger partial charge in [-0.3, -0.25) is 0 Å². The van der Waals surface area contributed by atoms with Crippen LogP contribution in [0.2, 0.25) is 0 Å². The molecule has 68 valence electrons. The van der Waals surface area contributed by atoms with Crippen LogP contribution in [0.3, 0.4) is 0 Å². The van der Waals surface area contributed by atoms with Crippen molar-refractivity contribution < 1.29 is 0 Å². The predicted molar refractivity (Wildman–Crippen MR) is 56.9 cm³/mol. The smallest absolute Gasteiger partial charge is 0.0348 e. The summed E-state index contributed by atoms with van der Waals surface area (Å²) >= 11 is 5.56. The molecule has 1 rings (SSSR count). The maximum atomic E-state index is 5.66. The fourth-order valence-corrected chi connectivity index (χ4v) is 1.15. The first-order chi connectivity index (χ1) is 5.24. The van der Waals surface area contributed by atoms with Crippen molar-refractivity contribution in [2.45, 2.75) is 6.42 Å². The molecule has 0 atom stereocenters. The van der Waals surface area contributed by atoms with Crippen molar-refractivity contribution in [1.82, 2.24) is 0 Å². The third kappa shape index (κ3) is 2.80. The van der Waals surface area contributed by atoms with Gasteiger partial charge in [0.05, 0.1) is 0 Å². The van der Waals surface area contributed by atoms with Crippen molar-refractivity contribution in [2.75, 3.05) is 17.3 Å². The van der Waals surface area contributed by atoms with Crippen LogP contribution in [0.4, 0.5) is 11.4 Å². The Morgan fingerprint density at radius 2 is 1.92 bits per heavy atom. The highest BCUT2D eigenvalue weighted by Crippen LogP contribution is 2.16. The van der Waals surface area contributed by atoms with Crippen molar-refractivity contribution in [3.05, 3.63) is 23.8 Å². The van der Waals surface area contributed by atoms with Crippen LogP contribution < -0.4 is 11.5 Å². The maximum absolute atomic E-state index is 5.66. The number of halogens is 2. The molecule has 12 heavy (non-hydrogen) atoms. The van der Waals surface area contributed by atoms with E-state index in [9.17, 15) is 0 Å². The van der Waals surface area contributed by atoms with Crippen LogP contribution in [0, 0.1) is 0 Å². The topological polar surface area (TPSA) is 52.0 Å². The summed E-state index contributed by atoms with van der Waals surface area (Å²) in [6.45, 7) is 0. The summed E-state index contributed by atoms with van der Waals surface area (Å²) in [5, 5.41) is 0. The molecule has 2 nitrogen and oxygen atoms in total. The molecule has 0 radical (unpaired) electrons. The van der Waals surface area contributed by atoms with Crippen LogP contribution in [0.1, 0.15) is 5.56 Å². The minimum Gasteiger partial charge on any atom is -0.399 e. The fourth-order valence-electron chi connectivity index (χ4n) is 0.944. The van der Waals surface area contributed by atoms with Gasteiger partial charge in [0.15, 0.2) is 0 Å². The molecule has 0 bridgehead atoms. The number of rotatable bonds is 2. The van der Waals surface area contributed by atoms with Gasteiger partial charge in [0, 0.05) is 17.3 Å². The lowest BCUT2D eigenvalue weighted by molar-refractivity contribution is 1.16. The zero-order valence-corrected chi connectivity index (χ0v) is 8.16. The maximum Gasteiger partial charge on any atom is 0.0348 e. The van der Waals surface area contributed by atoms with E-state index < -0.39 is 0 Å². The average molecular weight is 207 g/mol. The van der Waals surface area contributed by atoms with Crippen LogP contribution in [0.15, 0.2) is 18.2 Å². The molecule has 1 aromatic rings. The lowest BCUT2D eigenvalue weighted by atomic mass is 10.1. The first-order valence-electron chi connectivity index (χ1n) is 3.44. The third-order valence-electron chi connectivity index (χ3n) is 1.53. The molecule has 4 N–H and O–H groups in total. The molecule has 0 amide bonds. The Morgan fingerprint density at radius 1 is 1.25 bits per heavy atom. The Bertz CT molecular complexity index is 251. The second-order valence-corrected chi connectivity index (χ2v) is 2.78. The molecule has 0 aliphatic heterocycles. The van der Waals surface area contributed by atoms with Gasteiger partial charge in [-0.15, -0.1) is 24.0 Å². The zero-order chi connectivity index (χ0) is 8.27. The SMILES string of the molecule is Cl.Nc1ccc(N)c(CCCl)c1. The van der Waals surface area contributed by atoms with Crippen LogP contribution >= 0.6 is 24.0 Å². The molecule has 0 aliphatic carbocycles. The van der Waals surface area contributed by atoms with Gasteiger partial charge in [-0.1, -0.05) is 0 Å². The van der Waals surface area contributed by atoms with Gasteiger partial charge >= 0.3 is 0 Å². The second kappa shape index (κ2) is 5.12. The number of nitrogens with two attached hydrogens (primary N) is 2. The molecule has 0 heterocycles. The van der Waals surface area contributed by atoms with Crippen LogP contribution in [0.5, 0.6) is 0 Å². The second-order valence-electron chi connectivity index (χ2n) is 2.40. The number of aryl methyl sites for hydroxylation is 1. The average Bonchev–Trinajstić information content (AvgIpc) is 1.98. The normalized spacial score (nSPS) is 9.08. The molecular formula is C8H12Cl2N2. The van der Waals surface area contributed by atoms with Gasteiger partial charge in [0.25, 0.3) is 0 Å². The number of benzene rings is 1. The standard InChI is InChI=1S/C8H11ClN2.ClH/c9-4-3-6-5-7(10)1-2-8(6)11;/h1-2,5H,3-4,10-11H2;1H. The molecule has 0 saturated heterocycles. The van der Waals surface area contributed by atoms with Crippen molar-refractivity contribution in [1.29, 1.82) is 0 Å². The van der Waals surface area contributed by atoms with Gasteiger partial charge in [-0.05, 0) is 30.2 Å². The third-order valence-corrected chi connectivity index (χ3v) is 1.72. The molecule has 0 unspecified atom stereocenters. The van der Waals surface area contributed by atoms with Gasteiger partial charge in [0.1, 0.15) is 0 Å². The summed E-state index contributed by atoms with van der Waals surface area (Å²) in [5.41, 5.74) is 13.7. The Labute approximate surface area is 83.3 Å². The molecule has 0 aliphatic rings. The van der Waals surface area contributed by atoms with Gasteiger partial charge < -0.3 is 11.5 Å². The summed E-state index contributed by atoms with van der Waals surface area (Å²) in [6.07, 6.45) is 0.776. The Hall–Kier alpha value is -0.600. The minimum atomic E-state index is 0. The van der Waals surface area contributed by atoms with E-state index in [1.54, 1.807) is 12.1 Å². The van der Waals surface area contributed by atoms with E-state index >= 15 is 0 Å². The summed E-state index contributed by atoms with van der Waals surface area (Å²) < 4.78 is 0. The van der Waals surface area contributed by atoms with Crippen LogP contribution in [0.25, 0.3) is 0 Å². The highest BCUT2D eigenvalue weighted by Gasteiger charge is 1.97. The Kier molecular flexibility index (Phi) is 4.86. The summed E-state index contributed by atoms with van der Waals surface area (Å²) in [7, 11) is 0. The largest absolute Gasteiger partial charge is 0.399 e. The van der Waals surface area contributed by atoms with Crippen molar-refractivity contribution in [3.63, 3.8) is 0 Å². The Balaban J connectivity index is 0.00000121. The molecule has 0 aromatic heterocycles. The predicted octanol–water partition coefficient (Wildman–Crippen LogP) is 2.05. The summed E-state index contributed by atoms with van der Waals surface area (Å²) in [4.78, 5) is 0. The number of alkyl halides is 1. The lowest BCUT2D eigenvalue weighted by Crippen LogP contribution is -1.97. The Morgan fingerprint density at radius 3 is 2.50 bits per heavy atom. The molecule has 0 fully saturated rings.